The molecule has 1 amide bonds. The van der Waals surface area contributed by atoms with E-state index in [1.807, 2.05) is 42.2 Å². The number of benzene rings is 3. The number of hydrogen-bond acceptors (Lipinski definition) is 7. The van der Waals surface area contributed by atoms with Crippen LogP contribution in [0.15, 0.2) is 66.7 Å². The minimum Gasteiger partial charge on any atom is -0.493 e. The second kappa shape index (κ2) is 12.2. The third kappa shape index (κ3) is 4.95. The quantitative estimate of drug-likeness (QED) is 0.280. The Balaban J connectivity index is 1.50. The molecule has 0 aliphatic carbocycles. The molecule has 1 spiro atoms. The number of H-pyrrole nitrogens is 1. The summed E-state index contributed by atoms with van der Waals surface area (Å²) in [6.45, 7) is 4.36. The standard InChI is InChI=1S/C35H39N3O6/c1-5-44-34(40)27-22-37(21-23-11-7-6-8-12-23)18-16-35(27)32-26(25-13-9-10-14-28(25)36-32)15-17-38(35)33(39)24-19-29(41-2)31(43-4)30(20-24)42-3/h6-14,19-20,27,36H,5,15-18,21-22H2,1-4H3. The van der Waals surface area contributed by atoms with E-state index in [-0.39, 0.29) is 18.5 Å². The number of hydrogen-bond donors (Lipinski definition) is 1. The van der Waals surface area contributed by atoms with E-state index in [1.54, 1.807) is 12.1 Å². The largest absolute Gasteiger partial charge is 0.493 e. The molecule has 0 saturated carbocycles. The highest BCUT2D eigenvalue weighted by atomic mass is 16.5. The topological polar surface area (TPSA) is 93.3 Å². The second-order valence-corrected chi connectivity index (χ2v) is 11.3. The summed E-state index contributed by atoms with van der Waals surface area (Å²) >= 11 is 0. The Kier molecular flexibility index (Phi) is 8.23. The van der Waals surface area contributed by atoms with Gasteiger partial charge in [-0.15, -0.1) is 0 Å². The molecule has 2 aliphatic rings. The maximum Gasteiger partial charge on any atom is 0.313 e. The van der Waals surface area contributed by atoms with Crippen molar-refractivity contribution in [2.45, 2.75) is 31.8 Å². The summed E-state index contributed by atoms with van der Waals surface area (Å²) in [6, 6.07) is 21.8. The van der Waals surface area contributed by atoms with E-state index in [4.69, 9.17) is 18.9 Å². The van der Waals surface area contributed by atoms with Crippen LogP contribution >= 0.6 is 0 Å². The molecule has 44 heavy (non-hydrogen) atoms. The third-order valence-corrected chi connectivity index (χ3v) is 9.12. The second-order valence-electron chi connectivity index (χ2n) is 11.3. The lowest BCUT2D eigenvalue weighted by Gasteiger charge is -2.54. The van der Waals surface area contributed by atoms with Crippen molar-refractivity contribution in [1.29, 1.82) is 0 Å². The molecule has 3 aromatic carbocycles. The van der Waals surface area contributed by atoms with E-state index in [0.717, 1.165) is 22.2 Å². The molecule has 1 saturated heterocycles. The number of carbonyl (C=O) groups excluding carboxylic acids is 2. The van der Waals surface area contributed by atoms with Crippen LogP contribution in [0.3, 0.4) is 0 Å². The number of fused-ring (bicyclic) bond motifs is 4. The molecule has 1 aromatic heterocycles. The van der Waals surface area contributed by atoms with Gasteiger partial charge in [-0.05, 0) is 49.1 Å². The lowest BCUT2D eigenvalue weighted by atomic mass is 9.70. The number of ether oxygens (including phenoxy) is 4. The number of nitrogens with one attached hydrogen (secondary N) is 1. The van der Waals surface area contributed by atoms with Crippen LogP contribution < -0.4 is 14.2 Å². The molecule has 1 fully saturated rings. The van der Waals surface area contributed by atoms with E-state index in [0.29, 0.717) is 61.8 Å². The summed E-state index contributed by atoms with van der Waals surface area (Å²) in [7, 11) is 4.60. The maximum absolute atomic E-state index is 14.7. The predicted molar refractivity (Wildman–Crippen MR) is 167 cm³/mol. The highest BCUT2D eigenvalue weighted by Gasteiger charge is 2.57. The molecular weight excluding hydrogens is 558 g/mol. The van der Waals surface area contributed by atoms with Crippen molar-refractivity contribution in [2.24, 2.45) is 5.92 Å². The molecule has 2 atom stereocenters. The van der Waals surface area contributed by atoms with Gasteiger partial charge < -0.3 is 28.8 Å². The first-order valence-corrected chi connectivity index (χ1v) is 15.1. The molecule has 230 valence electrons. The molecule has 0 bridgehead atoms. The summed E-state index contributed by atoms with van der Waals surface area (Å²) in [5, 5.41) is 1.12. The van der Waals surface area contributed by atoms with Crippen molar-refractivity contribution in [3.8, 4) is 17.2 Å². The average Bonchev–Trinajstić information content (AvgIpc) is 3.45. The molecule has 0 radical (unpaired) electrons. The highest BCUT2D eigenvalue weighted by molar-refractivity contribution is 5.98. The monoisotopic (exact) mass is 597 g/mol. The Bertz CT molecular complexity index is 1640. The SMILES string of the molecule is CCOC(=O)C1CN(Cc2ccccc2)CCC12c1[nH]c3ccccc3c1CCN2C(=O)c1cc(OC)c(OC)c(OC)c1. The molecule has 1 N–H and O–H groups in total. The Morgan fingerprint density at radius 3 is 2.32 bits per heavy atom. The predicted octanol–water partition coefficient (Wildman–Crippen LogP) is 5.17. The molecule has 3 heterocycles. The van der Waals surface area contributed by atoms with Crippen molar-refractivity contribution < 1.29 is 28.5 Å². The Morgan fingerprint density at radius 1 is 0.932 bits per heavy atom. The number of carbonyl (C=O) groups is 2. The van der Waals surface area contributed by atoms with Crippen LogP contribution in [-0.2, 0) is 28.0 Å². The fourth-order valence-corrected chi connectivity index (χ4v) is 7.15. The fourth-order valence-electron chi connectivity index (χ4n) is 7.15. The first-order chi connectivity index (χ1) is 21.4. The molecule has 2 unspecified atom stereocenters. The zero-order valence-electron chi connectivity index (χ0n) is 25.7. The first kappa shape index (κ1) is 29.6. The summed E-state index contributed by atoms with van der Waals surface area (Å²) in [5.74, 6) is 0.0626. The van der Waals surface area contributed by atoms with Crippen LogP contribution in [0.1, 0.15) is 40.5 Å². The van der Waals surface area contributed by atoms with E-state index in [1.165, 1.54) is 26.9 Å². The van der Waals surface area contributed by atoms with Gasteiger partial charge in [-0.25, -0.2) is 0 Å². The Morgan fingerprint density at radius 2 is 1.64 bits per heavy atom. The van der Waals surface area contributed by atoms with E-state index >= 15 is 0 Å². The van der Waals surface area contributed by atoms with Gasteiger partial charge >= 0.3 is 5.97 Å². The normalized spacial score (nSPS) is 19.9. The van der Waals surface area contributed by atoms with Crippen LogP contribution in [-0.4, -0.2) is 74.2 Å². The lowest BCUT2D eigenvalue weighted by molar-refractivity contribution is -0.159. The number of likely N-dealkylation sites (tertiary alicyclic amines) is 1. The molecule has 2 aliphatic heterocycles. The first-order valence-electron chi connectivity index (χ1n) is 15.1. The third-order valence-electron chi connectivity index (χ3n) is 9.12. The van der Waals surface area contributed by atoms with E-state index < -0.39 is 11.5 Å². The summed E-state index contributed by atoms with van der Waals surface area (Å²) < 4.78 is 22.5. The van der Waals surface area contributed by atoms with Crippen LogP contribution in [0.25, 0.3) is 10.9 Å². The number of aromatic amines is 1. The summed E-state index contributed by atoms with van der Waals surface area (Å²) in [6.07, 6.45) is 1.21. The zero-order chi connectivity index (χ0) is 30.8. The lowest BCUT2D eigenvalue weighted by Crippen LogP contribution is -2.64. The van der Waals surface area contributed by atoms with Crippen LogP contribution in [0.2, 0.25) is 0 Å². The van der Waals surface area contributed by atoms with Gasteiger partial charge in [0.15, 0.2) is 11.5 Å². The van der Waals surface area contributed by atoms with Crippen molar-refractivity contribution in [3.05, 3.63) is 89.1 Å². The van der Waals surface area contributed by atoms with Gasteiger partial charge in [0.25, 0.3) is 5.91 Å². The number of aromatic nitrogens is 1. The number of methoxy groups -OCH3 is 3. The fraction of sp³-hybridized carbons (Fsp3) is 0.371. The van der Waals surface area contributed by atoms with E-state index in [9.17, 15) is 9.59 Å². The van der Waals surface area contributed by atoms with E-state index in [2.05, 4.69) is 34.1 Å². The molecular formula is C35H39N3O6. The molecule has 4 aromatic rings. The zero-order valence-corrected chi connectivity index (χ0v) is 25.7. The minimum absolute atomic E-state index is 0.209. The Hall–Kier alpha value is -4.50. The van der Waals surface area contributed by atoms with Gasteiger partial charge in [0.1, 0.15) is 0 Å². The van der Waals surface area contributed by atoms with Gasteiger partial charge in [-0.3, -0.25) is 14.5 Å². The summed E-state index contributed by atoms with van der Waals surface area (Å²) in [4.78, 5) is 36.6. The maximum atomic E-state index is 14.7. The van der Waals surface area contributed by atoms with Crippen LogP contribution in [0.4, 0.5) is 0 Å². The van der Waals surface area contributed by atoms with Gasteiger partial charge in [0, 0.05) is 48.3 Å². The van der Waals surface area contributed by atoms with Gasteiger partial charge in [-0.2, -0.15) is 0 Å². The Labute approximate surface area is 257 Å². The number of rotatable bonds is 8. The van der Waals surface area contributed by atoms with Gasteiger partial charge in [-0.1, -0.05) is 48.5 Å². The number of nitrogens with zero attached hydrogens (tertiary/aromatic N) is 2. The minimum atomic E-state index is -0.955. The molecule has 6 rings (SSSR count). The van der Waals surface area contributed by atoms with Gasteiger partial charge in [0.2, 0.25) is 5.75 Å². The highest BCUT2D eigenvalue weighted by Crippen LogP contribution is 2.50. The van der Waals surface area contributed by atoms with Crippen molar-refractivity contribution in [3.63, 3.8) is 0 Å². The number of esters is 1. The van der Waals surface area contributed by atoms with Crippen LogP contribution in [0.5, 0.6) is 17.2 Å². The van der Waals surface area contributed by atoms with Crippen molar-refractivity contribution in [1.82, 2.24) is 14.8 Å². The van der Waals surface area contributed by atoms with Crippen molar-refractivity contribution in [2.75, 3.05) is 47.6 Å². The van der Waals surface area contributed by atoms with Gasteiger partial charge in [0.05, 0.1) is 39.4 Å². The van der Waals surface area contributed by atoms with Crippen LogP contribution in [0, 0.1) is 5.92 Å². The smallest absolute Gasteiger partial charge is 0.313 e. The number of para-hydroxylation sites is 1. The number of amides is 1. The number of piperidine rings is 1. The molecule has 9 heteroatoms. The molecule has 9 nitrogen and oxygen atoms in total. The van der Waals surface area contributed by atoms with Crippen molar-refractivity contribution >= 4 is 22.8 Å². The average molecular weight is 598 g/mol. The summed E-state index contributed by atoms with van der Waals surface area (Å²) in [5.41, 5.74) is 3.68.